The van der Waals surface area contributed by atoms with Crippen LogP contribution in [0.25, 0.3) is 0 Å². The highest BCUT2D eigenvalue weighted by molar-refractivity contribution is 6.71. The van der Waals surface area contributed by atoms with Crippen LogP contribution in [0.15, 0.2) is 23.8 Å². The van der Waals surface area contributed by atoms with Crippen LogP contribution in [0.3, 0.4) is 0 Å². The Bertz CT molecular complexity index is 705. The maximum atomic E-state index is 12.3. The van der Waals surface area contributed by atoms with E-state index >= 15 is 0 Å². The number of allylic oxidation sites excluding steroid dienone is 3. The van der Waals surface area contributed by atoms with Crippen molar-refractivity contribution in [2.45, 2.75) is 104 Å². The molecule has 176 valence electrons. The predicted octanol–water partition coefficient (Wildman–Crippen LogP) is 5.87. The zero-order chi connectivity index (χ0) is 23.0. The predicted molar refractivity (Wildman–Crippen MR) is 128 cm³/mol. The van der Waals surface area contributed by atoms with Crippen LogP contribution in [-0.4, -0.2) is 37.7 Å². The number of esters is 1. The van der Waals surface area contributed by atoms with E-state index < -0.39 is 8.32 Å². The number of hydrogen-bond acceptors (Lipinski definition) is 4. The maximum absolute atomic E-state index is 12.3. The van der Waals surface area contributed by atoms with Crippen molar-refractivity contribution in [1.29, 1.82) is 0 Å². The molecule has 1 fully saturated rings. The molecule has 0 unspecified atom stereocenters. The standard InChI is InChI=1S/C26H44O4Si/c1-17-12-19-9-8-18(2)22(25(19)23(27)13-17)11-10-20-14-21(15-24(28)29-20)30-31(6,7)16-26(3,4)5/h8-9,12,17-18,20-23,25,27H,10-11,13-16H2,1-7H3/t17-,18-,20+,21+,22-,23-,25-/m1/s1. The molecule has 1 saturated heterocycles. The first kappa shape index (κ1) is 24.7. The number of aliphatic hydroxyl groups is 1. The molecule has 2 aliphatic carbocycles. The summed E-state index contributed by atoms with van der Waals surface area (Å²) in [5.74, 6) is 1.34. The minimum atomic E-state index is -1.85. The van der Waals surface area contributed by atoms with E-state index in [0.717, 1.165) is 31.7 Å². The van der Waals surface area contributed by atoms with Gasteiger partial charge in [0.2, 0.25) is 0 Å². The SMILES string of the molecule is C[C@@H]1C=C2C=C[C@@H](C)[C@@H](CC[C@H]3C[C@H](O[Si](C)(C)CC(C)(C)C)CC(=O)O3)[C@@H]2[C@H](O)C1. The Kier molecular flexibility index (Phi) is 7.60. The van der Waals surface area contributed by atoms with Gasteiger partial charge in [-0.2, -0.15) is 0 Å². The Labute approximate surface area is 190 Å². The molecule has 0 saturated carbocycles. The third-order valence-corrected chi connectivity index (χ3v) is 9.98. The number of hydrogen-bond donors (Lipinski definition) is 1. The van der Waals surface area contributed by atoms with Crippen LogP contribution >= 0.6 is 0 Å². The molecule has 0 spiro atoms. The lowest BCUT2D eigenvalue weighted by atomic mass is 9.65. The monoisotopic (exact) mass is 448 g/mol. The largest absolute Gasteiger partial charge is 0.462 e. The van der Waals surface area contributed by atoms with Crippen LogP contribution < -0.4 is 0 Å². The molecular weight excluding hydrogens is 404 g/mol. The van der Waals surface area contributed by atoms with Gasteiger partial charge in [0, 0.05) is 12.3 Å². The van der Waals surface area contributed by atoms with Gasteiger partial charge in [0.25, 0.3) is 0 Å². The number of ether oxygens (including phenoxy) is 1. The molecule has 0 aromatic rings. The fourth-order valence-corrected chi connectivity index (χ4v) is 10.1. The quantitative estimate of drug-likeness (QED) is 0.407. The molecule has 1 N–H and O–H groups in total. The molecular formula is C26H44O4Si. The van der Waals surface area contributed by atoms with E-state index in [0.29, 0.717) is 24.2 Å². The number of rotatable bonds is 6. The van der Waals surface area contributed by atoms with E-state index in [1.807, 2.05) is 0 Å². The smallest absolute Gasteiger partial charge is 0.308 e. The van der Waals surface area contributed by atoms with Gasteiger partial charge in [-0.25, -0.2) is 0 Å². The van der Waals surface area contributed by atoms with Crippen molar-refractivity contribution in [3.63, 3.8) is 0 Å². The Morgan fingerprint density at radius 2 is 1.90 bits per heavy atom. The average molecular weight is 449 g/mol. The summed E-state index contributed by atoms with van der Waals surface area (Å²) in [4.78, 5) is 12.3. The third-order valence-electron chi connectivity index (χ3n) is 7.10. The average Bonchev–Trinajstić information content (AvgIpc) is 2.57. The Morgan fingerprint density at radius 3 is 2.58 bits per heavy atom. The minimum absolute atomic E-state index is 0.0180. The van der Waals surface area contributed by atoms with Crippen LogP contribution in [0, 0.1) is 29.1 Å². The van der Waals surface area contributed by atoms with Crippen molar-refractivity contribution in [2.24, 2.45) is 29.1 Å². The Balaban J connectivity index is 1.61. The fourth-order valence-electron chi connectivity index (χ4n) is 6.39. The third kappa shape index (κ3) is 6.78. The first-order chi connectivity index (χ1) is 14.3. The van der Waals surface area contributed by atoms with Gasteiger partial charge < -0.3 is 14.3 Å². The first-order valence-electron chi connectivity index (χ1n) is 12.3. The molecule has 0 radical (unpaired) electrons. The van der Waals surface area contributed by atoms with Crippen LogP contribution in [0.5, 0.6) is 0 Å². The van der Waals surface area contributed by atoms with Crippen LogP contribution in [0.2, 0.25) is 19.1 Å². The van der Waals surface area contributed by atoms with Crippen LogP contribution in [0.4, 0.5) is 0 Å². The molecule has 0 bridgehead atoms. The van der Waals surface area contributed by atoms with Crippen molar-refractivity contribution in [3.05, 3.63) is 23.8 Å². The number of carbonyl (C=O) groups excluding carboxylic acids is 1. The summed E-state index contributed by atoms with van der Waals surface area (Å²) in [5, 5.41) is 10.8. The zero-order valence-electron chi connectivity index (χ0n) is 20.7. The van der Waals surface area contributed by atoms with Gasteiger partial charge in [-0.05, 0) is 67.1 Å². The molecule has 0 amide bonds. The van der Waals surface area contributed by atoms with Gasteiger partial charge in [0.1, 0.15) is 6.10 Å². The summed E-state index contributed by atoms with van der Waals surface area (Å²) < 4.78 is 12.3. The molecule has 1 heterocycles. The van der Waals surface area contributed by atoms with Crippen molar-refractivity contribution >= 4 is 14.3 Å². The molecule has 1 aliphatic heterocycles. The van der Waals surface area contributed by atoms with Crippen molar-refractivity contribution in [1.82, 2.24) is 0 Å². The van der Waals surface area contributed by atoms with Crippen molar-refractivity contribution in [3.8, 4) is 0 Å². The Morgan fingerprint density at radius 1 is 1.19 bits per heavy atom. The van der Waals surface area contributed by atoms with E-state index in [1.165, 1.54) is 5.57 Å². The topological polar surface area (TPSA) is 55.8 Å². The molecule has 3 rings (SSSR count). The van der Waals surface area contributed by atoms with E-state index in [9.17, 15) is 9.90 Å². The van der Waals surface area contributed by atoms with Gasteiger partial charge in [-0.3, -0.25) is 4.79 Å². The normalized spacial score (nSPS) is 36.6. The minimum Gasteiger partial charge on any atom is -0.462 e. The lowest BCUT2D eigenvalue weighted by Gasteiger charge is -2.42. The summed E-state index contributed by atoms with van der Waals surface area (Å²) >= 11 is 0. The summed E-state index contributed by atoms with van der Waals surface area (Å²) in [6.45, 7) is 15.7. The fraction of sp³-hybridized carbons (Fsp3) is 0.808. The highest BCUT2D eigenvalue weighted by Gasteiger charge is 2.40. The number of fused-ring (bicyclic) bond motifs is 1. The molecule has 31 heavy (non-hydrogen) atoms. The second-order valence-electron chi connectivity index (χ2n) is 12.2. The number of aliphatic hydroxyl groups excluding tert-OH is 1. The molecule has 4 nitrogen and oxygen atoms in total. The van der Waals surface area contributed by atoms with Gasteiger partial charge in [0.15, 0.2) is 8.32 Å². The van der Waals surface area contributed by atoms with Crippen LogP contribution in [-0.2, 0) is 14.0 Å². The van der Waals surface area contributed by atoms with E-state index in [4.69, 9.17) is 9.16 Å². The van der Waals surface area contributed by atoms with Crippen LogP contribution in [0.1, 0.15) is 66.7 Å². The highest BCUT2D eigenvalue weighted by Crippen LogP contribution is 2.44. The van der Waals surface area contributed by atoms with Crippen molar-refractivity contribution < 1.29 is 19.1 Å². The lowest BCUT2D eigenvalue weighted by molar-refractivity contribution is -0.160. The number of cyclic esters (lactones) is 1. The summed E-state index contributed by atoms with van der Waals surface area (Å²) in [6.07, 6.45) is 10.3. The Hall–Kier alpha value is -0.913. The molecule has 3 aliphatic rings. The maximum Gasteiger partial charge on any atom is 0.308 e. The summed E-state index contributed by atoms with van der Waals surface area (Å²) in [5.41, 5.74) is 1.53. The molecule has 0 aromatic heterocycles. The highest BCUT2D eigenvalue weighted by atomic mass is 28.4. The van der Waals surface area contributed by atoms with Gasteiger partial charge in [0.05, 0.1) is 18.6 Å². The zero-order valence-corrected chi connectivity index (χ0v) is 21.7. The second-order valence-corrected chi connectivity index (χ2v) is 16.3. The van der Waals surface area contributed by atoms with Crippen molar-refractivity contribution in [2.75, 3.05) is 0 Å². The molecule has 0 aromatic carbocycles. The second kappa shape index (κ2) is 9.52. The first-order valence-corrected chi connectivity index (χ1v) is 15.4. The van der Waals surface area contributed by atoms with E-state index in [2.05, 4.69) is 65.9 Å². The summed E-state index contributed by atoms with van der Waals surface area (Å²) in [6, 6.07) is 1.08. The van der Waals surface area contributed by atoms with E-state index in [1.54, 1.807) is 0 Å². The number of carbonyl (C=O) groups is 1. The van der Waals surface area contributed by atoms with Gasteiger partial charge in [-0.1, -0.05) is 52.8 Å². The van der Waals surface area contributed by atoms with Gasteiger partial charge in [-0.15, -0.1) is 0 Å². The lowest BCUT2D eigenvalue weighted by Crippen LogP contribution is -2.44. The molecule has 5 heteroatoms. The molecule has 7 atom stereocenters. The van der Waals surface area contributed by atoms with Gasteiger partial charge >= 0.3 is 5.97 Å². The van der Waals surface area contributed by atoms with E-state index in [-0.39, 0.29) is 35.6 Å². The summed E-state index contributed by atoms with van der Waals surface area (Å²) in [7, 11) is -1.85.